The molecule has 0 aliphatic heterocycles. The Morgan fingerprint density at radius 2 is 1.84 bits per heavy atom. The van der Waals surface area contributed by atoms with E-state index in [-0.39, 0.29) is 30.3 Å². The van der Waals surface area contributed by atoms with E-state index in [1.54, 1.807) is 20.3 Å². The second-order valence-electron chi connectivity index (χ2n) is 10.8. The normalized spacial score (nSPS) is 33.3. The van der Waals surface area contributed by atoms with Crippen LogP contribution in [0.2, 0.25) is 0 Å². The number of carbonyl (C=O) groups is 2. The average Bonchev–Trinajstić information content (AvgIpc) is 3.28. The monoisotopic (exact) mass is 441 g/mol. The van der Waals surface area contributed by atoms with Gasteiger partial charge in [0.25, 0.3) is 5.91 Å². The minimum atomic E-state index is -0.507. The largest absolute Gasteiger partial charge is 0.390 e. The highest BCUT2D eigenvalue weighted by Crippen LogP contribution is 2.55. The SMILES string of the molecule is CN(C)C(=O)CNc1ncc(C(=O)NC2[C@@H]3CC4C[C@H]2CC(O)(C4)C3)c(C2CCCC2)n1. The van der Waals surface area contributed by atoms with Gasteiger partial charge in [0.2, 0.25) is 11.9 Å². The average molecular weight is 442 g/mol. The van der Waals surface area contributed by atoms with Gasteiger partial charge in [0.15, 0.2) is 0 Å². The number of amides is 2. The van der Waals surface area contributed by atoms with Gasteiger partial charge in [-0.15, -0.1) is 0 Å². The Morgan fingerprint density at radius 1 is 1.16 bits per heavy atom. The van der Waals surface area contributed by atoms with Crippen molar-refractivity contribution in [3.8, 4) is 0 Å². The predicted molar refractivity (Wildman–Crippen MR) is 120 cm³/mol. The fourth-order valence-electron chi connectivity index (χ4n) is 6.92. The molecule has 5 fully saturated rings. The van der Waals surface area contributed by atoms with Crippen molar-refractivity contribution in [1.82, 2.24) is 20.2 Å². The summed E-state index contributed by atoms with van der Waals surface area (Å²) >= 11 is 0. The second kappa shape index (κ2) is 8.28. The summed E-state index contributed by atoms with van der Waals surface area (Å²) in [6.45, 7) is 0.123. The molecular formula is C24H35N5O3. The van der Waals surface area contributed by atoms with Crippen LogP contribution < -0.4 is 10.6 Å². The van der Waals surface area contributed by atoms with Crippen LogP contribution in [-0.2, 0) is 4.79 Å². The minimum absolute atomic E-state index is 0.0543. The molecule has 5 aliphatic rings. The van der Waals surface area contributed by atoms with E-state index >= 15 is 0 Å². The Hall–Kier alpha value is -2.22. The molecule has 3 N–H and O–H groups in total. The summed E-state index contributed by atoms with van der Waals surface area (Å²) in [7, 11) is 3.43. The molecule has 5 aliphatic carbocycles. The number of aliphatic hydroxyl groups is 1. The molecule has 1 aromatic heterocycles. The number of hydrogen-bond acceptors (Lipinski definition) is 6. The minimum Gasteiger partial charge on any atom is -0.390 e. The van der Waals surface area contributed by atoms with E-state index in [1.807, 2.05) is 0 Å². The summed E-state index contributed by atoms with van der Waals surface area (Å²) in [5.74, 6) is 1.85. The first-order valence-corrected chi connectivity index (χ1v) is 12.2. The first-order chi connectivity index (χ1) is 15.3. The summed E-state index contributed by atoms with van der Waals surface area (Å²) in [6.07, 6.45) is 10.7. The molecule has 5 atom stereocenters. The molecule has 32 heavy (non-hydrogen) atoms. The lowest BCUT2D eigenvalue weighted by molar-refractivity contribution is -0.137. The quantitative estimate of drug-likeness (QED) is 0.625. The number of nitrogens with one attached hydrogen (secondary N) is 2. The molecule has 1 heterocycles. The lowest BCUT2D eigenvalue weighted by atomic mass is 9.52. The number of rotatable bonds is 6. The van der Waals surface area contributed by atoms with E-state index in [2.05, 4.69) is 15.6 Å². The fraction of sp³-hybridized carbons (Fsp3) is 0.750. The third-order valence-corrected chi connectivity index (χ3v) is 8.24. The van der Waals surface area contributed by atoms with Crippen LogP contribution in [0.4, 0.5) is 5.95 Å². The van der Waals surface area contributed by atoms with Gasteiger partial charge >= 0.3 is 0 Å². The van der Waals surface area contributed by atoms with E-state index in [0.717, 1.165) is 63.5 Å². The molecule has 0 saturated heterocycles. The Bertz CT molecular complexity index is 882. The lowest BCUT2D eigenvalue weighted by Gasteiger charge is -2.58. The number of nitrogens with zero attached hydrogens (tertiary/aromatic N) is 3. The molecule has 3 unspecified atom stereocenters. The molecule has 0 radical (unpaired) electrons. The zero-order valence-corrected chi connectivity index (χ0v) is 19.1. The van der Waals surface area contributed by atoms with Gasteiger partial charge in [-0.2, -0.15) is 0 Å². The molecule has 2 amide bonds. The highest BCUT2D eigenvalue weighted by atomic mass is 16.3. The van der Waals surface area contributed by atoms with Crippen molar-refractivity contribution in [2.24, 2.45) is 17.8 Å². The van der Waals surface area contributed by atoms with Gasteiger partial charge in [0.05, 0.1) is 23.4 Å². The van der Waals surface area contributed by atoms with Gasteiger partial charge in [-0.05, 0) is 62.7 Å². The Kier molecular flexibility index (Phi) is 5.60. The van der Waals surface area contributed by atoms with Crippen molar-refractivity contribution in [3.05, 3.63) is 17.5 Å². The molecule has 1 aromatic rings. The number of likely N-dealkylation sites (N-methyl/N-ethyl adjacent to an activating group) is 1. The van der Waals surface area contributed by atoms with E-state index in [0.29, 0.717) is 29.3 Å². The van der Waals surface area contributed by atoms with Crippen LogP contribution in [0.5, 0.6) is 0 Å². The fourth-order valence-corrected chi connectivity index (χ4v) is 6.92. The van der Waals surface area contributed by atoms with Crippen LogP contribution in [0.25, 0.3) is 0 Å². The van der Waals surface area contributed by atoms with Gasteiger partial charge in [0.1, 0.15) is 0 Å². The molecule has 0 spiro atoms. The Morgan fingerprint density at radius 3 is 2.47 bits per heavy atom. The topological polar surface area (TPSA) is 107 Å². The molecule has 5 saturated carbocycles. The van der Waals surface area contributed by atoms with E-state index in [1.165, 1.54) is 4.90 Å². The first kappa shape index (κ1) is 21.6. The summed E-state index contributed by atoms with van der Waals surface area (Å²) in [6, 6.07) is 0.131. The van der Waals surface area contributed by atoms with Crippen LogP contribution in [-0.4, -0.2) is 64.1 Å². The highest BCUT2D eigenvalue weighted by molar-refractivity contribution is 5.95. The van der Waals surface area contributed by atoms with Crippen LogP contribution in [0.1, 0.15) is 79.8 Å². The van der Waals surface area contributed by atoms with Crippen LogP contribution >= 0.6 is 0 Å². The van der Waals surface area contributed by atoms with E-state index < -0.39 is 5.60 Å². The van der Waals surface area contributed by atoms with Gasteiger partial charge in [-0.25, -0.2) is 9.97 Å². The summed E-state index contributed by atoms with van der Waals surface area (Å²) in [4.78, 5) is 35.9. The van der Waals surface area contributed by atoms with Crippen molar-refractivity contribution < 1.29 is 14.7 Å². The van der Waals surface area contributed by atoms with Crippen molar-refractivity contribution in [3.63, 3.8) is 0 Å². The van der Waals surface area contributed by atoms with Gasteiger partial charge in [-0.1, -0.05) is 12.8 Å². The predicted octanol–water partition coefficient (Wildman–Crippen LogP) is 2.30. The first-order valence-electron chi connectivity index (χ1n) is 12.2. The van der Waals surface area contributed by atoms with Crippen molar-refractivity contribution in [2.75, 3.05) is 26.0 Å². The summed E-state index contributed by atoms with van der Waals surface area (Å²) < 4.78 is 0. The summed E-state index contributed by atoms with van der Waals surface area (Å²) in [5.41, 5.74) is 0.860. The van der Waals surface area contributed by atoms with E-state index in [4.69, 9.17) is 4.98 Å². The third-order valence-electron chi connectivity index (χ3n) is 8.24. The molecule has 0 aromatic carbocycles. The zero-order valence-electron chi connectivity index (χ0n) is 19.1. The third kappa shape index (κ3) is 4.09. The Labute approximate surface area is 189 Å². The standard InChI is InChI=1S/C24H35N5O3/c1-29(2)19(30)13-26-23-25-12-18(21(28-23)15-5-3-4-6-15)22(31)27-20-16-7-14-8-17(20)11-24(32,9-14)10-16/h12,14-17,20,32H,3-11,13H2,1-2H3,(H,27,31)(H,25,26,28)/t14?,16-,17+,20?,24?. The van der Waals surface area contributed by atoms with Crippen LogP contribution in [0.15, 0.2) is 6.20 Å². The maximum Gasteiger partial charge on any atom is 0.254 e. The maximum absolute atomic E-state index is 13.4. The molecule has 8 heteroatoms. The lowest BCUT2D eigenvalue weighted by Crippen LogP contribution is -2.61. The van der Waals surface area contributed by atoms with Crippen LogP contribution in [0, 0.1) is 17.8 Å². The molecular weight excluding hydrogens is 406 g/mol. The highest BCUT2D eigenvalue weighted by Gasteiger charge is 2.55. The van der Waals surface area contributed by atoms with Gasteiger partial charge < -0.3 is 20.6 Å². The smallest absolute Gasteiger partial charge is 0.254 e. The zero-order chi connectivity index (χ0) is 22.5. The number of aromatic nitrogens is 2. The maximum atomic E-state index is 13.4. The molecule has 174 valence electrons. The van der Waals surface area contributed by atoms with Crippen LogP contribution in [0.3, 0.4) is 0 Å². The van der Waals surface area contributed by atoms with Gasteiger partial charge in [0, 0.05) is 32.3 Å². The Balaban J connectivity index is 1.34. The van der Waals surface area contributed by atoms with E-state index in [9.17, 15) is 14.7 Å². The van der Waals surface area contributed by atoms with Crippen molar-refractivity contribution >= 4 is 17.8 Å². The molecule has 6 rings (SSSR count). The van der Waals surface area contributed by atoms with Crippen molar-refractivity contribution in [1.29, 1.82) is 0 Å². The number of carbonyl (C=O) groups excluding carboxylic acids is 2. The number of hydrogen-bond donors (Lipinski definition) is 3. The second-order valence-corrected chi connectivity index (χ2v) is 10.8. The van der Waals surface area contributed by atoms with Gasteiger partial charge in [-0.3, -0.25) is 9.59 Å². The summed E-state index contributed by atoms with van der Waals surface area (Å²) in [5, 5.41) is 17.2. The van der Waals surface area contributed by atoms with Crippen molar-refractivity contribution in [2.45, 2.75) is 75.3 Å². The molecule has 8 nitrogen and oxygen atoms in total. The molecule has 4 bridgehead atoms. The number of anilines is 1.